The van der Waals surface area contributed by atoms with Gasteiger partial charge in [-0.3, -0.25) is 9.59 Å². The normalized spacial score (nSPS) is 32.9. The summed E-state index contributed by atoms with van der Waals surface area (Å²) in [5.41, 5.74) is 7.70. The highest BCUT2D eigenvalue weighted by Gasteiger charge is 2.60. The van der Waals surface area contributed by atoms with Crippen molar-refractivity contribution in [1.29, 1.82) is 0 Å². The van der Waals surface area contributed by atoms with Crippen molar-refractivity contribution in [3.63, 3.8) is 0 Å². The molecule has 44 heavy (non-hydrogen) atoms. The number of benzene rings is 2. The number of carboxylic acid groups (broad SMARTS) is 1. The molecule has 4 N–H and O–H groups in total. The van der Waals surface area contributed by atoms with Crippen LogP contribution in [0.3, 0.4) is 0 Å². The number of aliphatic carboxylic acids is 1. The first-order valence-electron chi connectivity index (χ1n) is 15.3. The second-order valence-electron chi connectivity index (χ2n) is 13.6. The molecule has 2 bridgehead atoms. The number of nitrogens with zero attached hydrogens (tertiary/aromatic N) is 4. The van der Waals surface area contributed by atoms with E-state index in [1.54, 1.807) is 13.0 Å². The molecule has 2 aromatic carbocycles. The summed E-state index contributed by atoms with van der Waals surface area (Å²) in [6.45, 7) is 9.96. The van der Waals surface area contributed by atoms with Crippen LogP contribution in [0.15, 0.2) is 46.5 Å². The van der Waals surface area contributed by atoms with E-state index in [4.69, 9.17) is 5.73 Å². The van der Waals surface area contributed by atoms with E-state index in [1.807, 2.05) is 24.3 Å². The van der Waals surface area contributed by atoms with Crippen molar-refractivity contribution in [2.24, 2.45) is 17.6 Å². The van der Waals surface area contributed by atoms with Crippen LogP contribution in [0.4, 0.5) is 0 Å². The molecule has 12 nitrogen and oxygen atoms in total. The van der Waals surface area contributed by atoms with E-state index in [0.29, 0.717) is 17.5 Å². The third-order valence-corrected chi connectivity index (χ3v) is 13.0. The van der Waals surface area contributed by atoms with Crippen molar-refractivity contribution in [3.8, 4) is 0 Å². The summed E-state index contributed by atoms with van der Waals surface area (Å²) in [5, 5.41) is 21.9. The highest BCUT2D eigenvalue weighted by atomic mass is 32.2. The van der Waals surface area contributed by atoms with E-state index in [-0.39, 0.29) is 29.6 Å². The number of sulfonamides is 1. The smallest absolute Gasteiger partial charge is 0.352 e. The molecule has 4 fully saturated rings. The number of primary amides is 1. The van der Waals surface area contributed by atoms with Crippen LogP contribution in [0.25, 0.3) is 10.8 Å². The van der Waals surface area contributed by atoms with Gasteiger partial charge in [0.2, 0.25) is 15.9 Å². The Morgan fingerprint density at radius 2 is 1.73 bits per heavy atom. The van der Waals surface area contributed by atoms with Crippen LogP contribution in [0.5, 0.6) is 0 Å². The molecule has 0 aliphatic carbocycles. The Labute approximate surface area is 256 Å². The fraction of sp³-hybridized carbons (Fsp3) is 0.516. The molecule has 0 unspecified atom stereocenters. The summed E-state index contributed by atoms with van der Waals surface area (Å²) < 4.78 is 31.2. The van der Waals surface area contributed by atoms with Crippen LogP contribution in [0.1, 0.15) is 25.0 Å². The van der Waals surface area contributed by atoms with Crippen LogP contribution < -0.4 is 5.73 Å². The van der Waals surface area contributed by atoms with Crippen molar-refractivity contribution in [2.75, 3.05) is 52.4 Å². The lowest BCUT2D eigenvalue weighted by Gasteiger charge is -2.55. The van der Waals surface area contributed by atoms with Crippen LogP contribution in [-0.4, -0.2) is 119 Å². The van der Waals surface area contributed by atoms with Crippen LogP contribution in [-0.2, 0) is 37.5 Å². The number of β-lactam (4-membered cyclic amide) rings is 1. The van der Waals surface area contributed by atoms with Gasteiger partial charge in [-0.05, 0) is 29.5 Å². The lowest BCUT2D eigenvalue weighted by Crippen LogP contribution is -2.75. The number of piperazine rings is 3. The third-order valence-electron chi connectivity index (χ3n) is 11.2. The molecule has 8 rings (SSSR count). The minimum absolute atomic E-state index is 0.0881. The molecule has 0 spiro atoms. The number of aliphatic hydroxyl groups excluding tert-OH is 1. The van der Waals surface area contributed by atoms with E-state index in [2.05, 4.69) is 0 Å². The molecule has 13 heteroatoms. The summed E-state index contributed by atoms with van der Waals surface area (Å²) in [7, 11) is -3.99. The second kappa shape index (κ2) is 9.82. The maximum Gasteiger partial charge on any atom is 0.352 e. The fourth-order valence-corrected chi connectivity index (χ4v) is 10.3. The van der Waals surface area contributed by atoms with Crippen molar-refractivity contribution in [1.82, 2.24) is 9.21 Å². The number of quaternary nitrogens is 2. The van der Waals surface area contributed by atoms with Gasteiger partial charge in [0, 0.05) is 30.0 Å². The number of carbonyl (C=O) groups is 3. The minimum atomic E-state index is -3.99. The van der Waals surface area contributed by atoms with Crippen molar-refractivity contribution >= 4 is 38.6 Å². The van der Waals surface area contributed by atoms with Gasteiger partial charge in [-0.2, -0.15) is 4.31 Å². The molecule has 2 aromatic rings. The molecule has 234 valence electrons. The quantitative estimate of drug-likeness (QED) is 0.279. The van der Waals surface area contributed by atoms with E-state index < -0.39 is 45.9 Å². The highest BCUT2D eigenvalue weighted by Crippen LogP contribution is 2.48. The number of amides is 2. The average molecular weight is 626 g/mol. The molecular formula is C31H39N5O7S+2. The van der Waals surface area contributed by atoms with E-state index in [1.165, 1.54) is 16.1 Å². The Morgan fingerprint density at radius 1 is 1.07 bits per heavy atom. The first-order valence-corrected chi connectivity index (χ1v) is 16.7. The monoisotopic (exact) mass is 625 g/mol. The molecule has 2 amide bonds. The van der Waals surface area contributed by atoms with Crippen molar-refractivity contribution in [3.05, 3.63) is 52.7 Å². The minimum Gasteiger partial charge on any atom is -0.477 e. The SMILES string of the molecule is C[C@@H](O)[C@H]1C(=O)N2C(C(=O)O)=C(CN3Cc4cccc5c(C[N+]67CC[N+](CC(N)=O)(CC6)CC7)ccc(c45)S3(=O)=O)[C@H](C)[C@H]12. The largest absolute Gasteiger partial charge is 0.477 e. The Balaban J connectivity index is 1.19. The lowest BCUT2D eigenvalue weighted by molar-refractivity contribution is -1.08. The van der Waals surface area contributed by atoms with Gasteiger partial charge in [0.25, 0.3) is 5.91 Å². The van der Waals surface area contributed by atoms with E-state index in [9.17, 15) is 33.0 Å². The van der Waals surface area contributed by atoms with E-state index in [0.717, 1.165) is 71.3 Å². The molecule has 0 saturated carbocycles. The molecule has 6 heterocycles. The molecule has 6 aliphatic rings. The number of carboxylic acids is 1. The number of aliphatic hydroxyl groups is 1. The molecular weight excluding hydrogens is 586 g/mol. The number of rotatable bonds is 8. The topological polar surface area (TPSA) is 158 Å². The average Bonchev–Trinajstić information content (AvgIpc) is 3.20. The van der Waals surface area contributed by atoms with Gasteiger partial charge < -0.3 is 29.8 Å². The summed E-state index contributed by atoms with van der Waals surface area (Å²) in [4.78, 5) is 38.2. The van der Waals surface area contributed by atoms with Crippen molar-refractivity contribution in [2.45, 2.75) is 44.0 Å². The standard InChI is InChI=1S/C31H37N5O7S/c1-18-23(29(31(40)41)34-28(18)26(19(2)37)30(34)39)15-33-14-20-4-3-5-22-21(6-7-24(27(20)22)44(33,42)43)16-35-8-11-36(12-9-35,13-10-35)17-25(32)38/h3-7,18-19,26,28,37H,8-17H2,1-2H3,(H-2,32,38,40,41)/p+2/t18-,19+,26+,28+,35?,36?/m0/s1. The van der Waals surface area contributed by atoms with Crippen LogP contribution in [0, 0.1) is 11.8 Å². The summed E-state index contributed by atoms with van der Waals surface area (Å²) in [6, 6.07) is 8.95. The Kier molecular flexibility index (Phi) is 6.55. The number of hydrogen-bond acceptors (Lipinski definition) is 6. The van der Waals surface area contributed by atoms with Crippen molar-refractivity contribution < 1.29 is 42.0 Å². The van der Waals surface area contributed by atoms with Gasteiger partial charge in [-0.1, -0.05) is 31.2 Å². The predicted molar refractivity (Wildman–Crippen MR) is 159 cm³/mol. The third kappa shape index (κ3) is 4.17. The Hall–Kier alpha value is -3.36. The zero-order valence-corrected chi connectivity index (χ0v) is 25.8. The maximum atomic E-state index is 14.1. The van der Waals surface area contributed by atoms with Gasteiger partial charge in [0.05, 0.1) is 23.0 Å². The van der Waals surface area contributed by atoms with Crippen LogP contribution in [0.2, 0.25) is 0 Å². The number of carbonyl (C=O) groups excluding carboxylic acids is 2. The molecule has 6 aliphatic heterocycles. The Morgan fingerprint density at radius 3 is 2.34 bits per heavy atom. The van der Waals surface area contributed by atoms with Gasteiger partial charge in [-0.15, -0.1) is 0 Å². The maximum absolute atomic E-state index is 14.1. The highest BCUT2D eigenvalue weighted by molar-refractivity contribution is 7.89. The number of fused-ring (bicyclic) bond motifs is 4. The molecule has 4 saturated heterocycles. The van der Waals surface area contributed by atoms with Gasteiger partial charge in [0.15, 0.2) is 6.54 Å². The molecule has 0 radical (unpaired) electrons. The number of nitrogens with two attached hydrogens (primary N) is 1. The zero-order chi connectivity index (χ0) is 31.3. The zero-order valence-electron chi connectivity index (χ0n) is 25.0. The second-order valence-corrected chi connectivity index (χ2v) is 15.5. The molecule has 0 aromatic heterocycles. The van der Waals surface area contributed by atoms with Gasteiger partial charge in [0.1, 0.15) is 51.5 Å². The first-order chi connectivity index (χ1) is 20.8. The van der Waals surface area contributed by atoms with E-state index >= 15 is 0 Å². The summed E-state index contributed by atoms with van der Waals surface area (Å²) >= 11 is 0. The number of hydrogen-bond donors (Lipinski definition) is 3. The lowest BCUT2D eigenvalue weighted by atomic mass is 9.78. The first kappa shape index (κ1) is 29.4. The predicted octanol–water partition coefficient (Wildman–Crippen LogP) is 0.186. The Bertz CT molecular complexity index is 1750. The summed E-state index contributed by atoms with van der Waals surface area (Å²) in [6.07, 6.45) is -0.935. The van der Waals surface area contributed by atoms with Crippen LogP contribution >= 0.6 is 0 Å². The molecule has 4 atom stereocenters. The van der Waals surface area contributed by atoms with Gasteiger partial charge in [-0.25, -0.2) is 13.2 Å². The van der Waals surface area contributed by atoms with Gasteiger partial charge >= 0.3 is 5.97 Å². The fourth-order valence-electron chi connectivity index (χ4n) is 8.70. The summed E-state index contributed by atoms with van der Waals surface area (Å²) in [5.74, 6) is -3.11.